The van der Waals surface area contributed by atoms with E-state index in [9.17, 15) is 9.00 Å². The maximum Gasteiger partial charge on any atom is 0.410 e. The lowest BCUT2D eigenvalue weighted by Crippen LogP contribution is -2.45. The smallest absolute Gasteiger partial charge is 0.283 e. The van der Waals surface area contributed by atoms with E-state index in [2.05, 4.69) is 21.5 Å². The molecule has 0 radical (unpaired) electrons. The number of piperidine rings is 1. The predicted octanol–water partition coefficient (Wildman–Crippen LogP) is 7.13. The van der Waals surface area contributed by atoms with Gasteiger partial charge in [-0.25, -0.2) is 9.69 Å². The third-order valence-corrected chi connectivity index (χ3v) is 10.9. The molecule has 4 heterocycles. The Hall–Kier alpha value is -2.61. The molecule has 1 amide bonds. The van der Waals surface area contributed by atoms with Gasteiger partial charge < -0.3 is 0 Å². The van der Waals surface area contributed by atoms with Crippen LogP contribution in [-0.4, -0.2) is 55.4 Å². The van der Waals surface area contributed by atoms with Gasteiger partial charge in [0.2, 0.25) is 0 Å². The number of nitrogens with zero attached hydrogens (tertiary/aromatic N) is 5. The van der Waals surface area contributed by atoms with Crippen LogP contribution in [0, 0.1) is 17.8 Å². The number of halogens is 2. The van der Waals surface area contributed by atoms with Gasteiger partial charge in [0.1, 0.15) is 0 Å². The summed E-state index contributed by atoms with van der Waals surface area (Å²) in [5.41, 5.74) is 5.18. The van der Waals surface area contributed by atoms with Crippen LogP contribution in [0.3, 0.4) is 0 Å². The summed E-state index contributed by atoms with van der Waals surface area (Å²) in [4.78, 5) is 15.6. The molecule has 3 aliphatic rings. The van der Waals surface area contributed by atoms with E-state index in [0.717, 1.165) is 80.9 Å². The molecular formula is C31H35Cl2N6O2S2+. The predicted molar refractivity (Wildman–Crippen MR) is 175 cm³/mol. The largest absolute Gasteiger partial charge is 0.410 e. The zero-order valence-corrected chi connectivity index (χ0v) is 27.1. The molecule has 0 spiro atoms. The quantitative estimate of drug-likeness (QED) is 0.296. The summed E-state index contributed by atoms with van der Waals surface area (Å²) >= 11 is 14.5. The number of hydrazine groups is 1. The lowest BCUT2D eigenvalue weighted by atomic mass is 10.1. The SMILES string of the molecule is O=C(NN1CCCCC1)c1nn(-c2ccc(Cl)cc2Cl)c(-c2ccc(C#CC3CCCC3)s2)c1C[N+]#S(=O)N1CCCC1. The van der Waals surface area contributed by atoms with Gasteiger partial charge in [0.25, 0.3) is 5.91 Å². The van der Waals surface area contributed by atoms with Crippen LogP contribution in [0.4, 0.5) is 0 Å². The standard InChI is InChI=1S/C31H34Cl2N6O2S2/c32-23-11-14-27(26(33)20-23)39-30(28-15-13-24(42-28)12-10-22-8-2-3-9-22)25(21-34-43(41)38-18-6-7-19-38)29(35-39)31(40)36-37-16-4-1-5-17-37/h11,13-15,20,22H,1-9,16-19,21H2/p+1. The number of nitrogens with one attached hydrogen (secondary N) is 1. The average Bonchev–Trinajstić information content (AvgIpc) is 3.83. The molecule has 3 fully saturated rings. The van der Waals surface area contributed by atoms with Crippen molar-refractivity contribution in [3.05, 3.63) is 60.7 Å². The summed E-state index contributed by atoms with van der Waals surface area (Å²) in [6, 6.07) is 9.23. The van der Waals surface area contributed by atoms with Gasteiger partial charge in [-0.15, -0.1) is 19.9 Å². The molecule has 0 atom stereocenters. The molecule has 2 saturated heterocycles. The number of carbonyl (C=O) groups is 1. The average molecular weight is 659 g/mol. The molecule has 2 aliphatic heterocycles. The molecular weight excluding hydrogens is 623 g/mol. The van der Waals surface area contributed by atoms with E-state index in [4.69, 9.17) is 28.3 Å². The van der Waals surface area contributed by atoms with E-state index in [1.165, 1.54) is 12.8 Å². The third-order valence-electron chi connectivity index (χ3n) is 8.17. The van der Waals surface area contributed by atoms with Crippen LogP contribution in [0.25, 0.3) is 20.4 Å². The van der Waals surface area contributed by atoms with Gasteiger partial charge in [-0.3, -0.25) is 10.2 Å². The number of aromatic nitrogens is 2. The molecule has 1 aliphatic carbocycles. The molecule has 226 valence electrons. The minimum absolute atomic E-state index is 0.0629. The van der Waals surface area contributed by atoms with Crippen molar-refractivity contribution in [1.29, 1.82) is 0 Å². The van der Waals surface area contributed by atoms with E-state index in [-0.39, 0.29) is 18.1 Å². The second-order valence-electron chi connectivity index (χ2n) is 11.2. The van der Waals surface area contributed by atoms with Crippen LogP contribution in [0.2, 0.25) is 10.0 Å². The fraction of sp³-hybridized carbons (Fsp3) is 0.484. The first kappa shape index (κ1) is 30.4. The van der Waals surface area contributed by atoms with E-state index in [0.29, 0.717) is 32.9 Å². The molecule has 43 heavy (non-hydrogen) atoms. The summed E-state index contributed by atoms with van der Waals surface area (Å²) in [6.45, 7) is 3.13. The number of hydrogen-bond donors (Lipinski definition) is 1. The lowest BCUT2D eigenvalue weighted by Gasteiger charge is -2.26. The Labute approximate surface area is 268 Å². The Bertz CT molecular complexity index is 1700. The maximum atomic E-state index is 13.8. The monoisotopic (exact) mass is 657 g/mol. The van der Waals surface area contributed by atoms with Gasteiger partial charge in [0.05, 0.1) is 31.7 Å². The number of amides is 1. The third kappa shape index (κ3) is 7.21. The first-order valence-electron chi connectivity index (χ1n) is 15.1. The molecule has 8 nitrogen and oxygen atoms in total. The second kappa shape index (κ2) is 14.0. The van der Waals surface area contributed by atoms with E-state index >= 15 is 0 Å². The van der Waals surface area contributed by atoms with Gasteiger partial charge in [0.15, 0.2) is 5.69 Å². The number of carbonyl (C=O) groups excluding carboxylic acids is 1. The van der Waals surface area contributed by atoms with Crippen molar-refractivity contribution in [3.63, 3.8) is 0 Å². The molecule has 1 aromatic carbocycles. The Balaban J connectivity index is 1.47. The van der Waals surface area contributed by atoms with Gasteiger partial charge in [-0.1, -0.05) is 54.3 Å². The molecule has 3 aromatic rings. The van der Waals surface area contributed by atoms with E-state index in [1.807, 2.05) is 21.4 Å². The van der Waals surface area contributed by atoms with Crippen molar-refractivity contribution in [2.45, 2.75) is 64.3 Å². The highest BCUT2D eigenvalue weighted by atomic mass is 35.5. The van der Waals surface area contributed by atoms with Crippen molar-refractivity contribution in [1.82, 2.24) is 24.5 Å². The second-order valence-corrected chi connectivity index (χ2v) is 14.4. The van der Waals surface area contributed by atoms with Crippen molar-refractivity contribution in [3.8, 4) is 28.1 Å². The lowest BCUT2D eigenvalue weighted by molar-refractivity contribution is 0.0743. The molecule has 12 heteroatoms. The molecule has 1 N–H and O–H groups in total. The minimum atomic E-state index is -1.51. The van der Waals surface area contributed by atoms with Crippen molar-refractivity contribution in [2.24, 2.45) is 5.92 Å². The normalized spacial score (nSPS) is 17.9. The van der Waals surface area contributed by atoms with Crippen LogP contribution in [-0.2, 0) is 17.2 Å². The van der Waals surface area contributed by atoms with Gasteiger partial charge in [0, 0.05) is 37.1 Å². The summed E-state index contributed by atoms with van der Waals surface area (Å²) in [7, 11) is -1.51. The first-order valence-corrected chi connectivity index (χ1v) is 17.7. The van der Waals surface area contributed by atoms with E-state index < -0.39 is 10.6 Å². The number of rotatable bonds is 5. The van der Waals surface area contributed by atoms with Crippen molar-refractivity contribution >= 4 is 51.1 Å². The molecule has 6 rings (SSSR count). The number of benzene rings is 1. The van der Waals surface area contributed by atoms with Crippen molar-refractivity contribution < 1.29 is 9.00 Å². The first-order chi connectivity index (χ1) is 21.0. The zero-order chi connectivity index (χ0) is 29.8. The molecule has 1 saturated carbocycles. The summed E-state index contributed by atoms with van der Waals surface area (Å²) in [5.74, 6) is 6.95. The highest BCUT2D eigenvalue weighted by molar-refractivity contribution is 7.70. The summed E-state index contributed by atoms with van der Waals surface area (Å²) in [6.07, 6.45) is 10.00. The van der Waals surface area contributed by atoms with Crippen molar-refractivity contribution in [2.75, 3.05) is 26.2 Å². The Morgan fingerprint density at radius 3 is 2.51 bits per heavy atom. The zero-order valence-electron chi connectivity index (χ0n) is 24.0. The number of hydrogen-bond acceptors (Lipinski definition) is 5. The van der Waals surface area contributed by atoms with Crippen LogP contribution in [0.1, 0.15) is 78.7 Å². The highest BCUT2D eigenvalue weighted by Crippen LogP contribution is 2.37. The van der Waals surface area contributed by atoms with Crippen LogP contribution in [0.15, 0.2) is 30.3 Å². The van der Waals surface area contributed by atoms with Gasteiger partial charge >= 0.3 is 17.2 Å². The summed E-state index contributed by atoms with van der Waals surface area (Å²) in [5, 5.41) is 7.71. The molecule has 0 bridgehead atoms. The highest BCUT2D eigenvalue weighted by Gasteiger charge is 2.31. The Kier molecular flexibility index (Phi) is 9.90. The van der Waals surface area contributed by atoms with Gasteiger partial charge in [-0.05, 0) is 73.0 Å². The molecule has 0 unspecified atom stereocenters. The van der Waals surface area contributed by atoms with Crippen LogP contribution in [0.5, 0.6) is 0 Å². The topological polar surface area (TPSA) is 74.8 Å². The fourth-order valence-electron chi connectivity index (χ4n) is 5.89. The molecule has 2 aromatic heterocycles. The van der Waals surface area contributed by atoms with Crippen LogP contribution >= 0.6 is 34.5 Å². The minimum Gasteiger partial charge on any atom is -0.283 e. The van der Waals surface area contributed by atoms with Crippen LogP contribution < -0.4 is 5.43 Å². The Morgan fingerprint density at radius 2 is 1.77 bits per heavy atom. The number of thiophene rings is 1. The van der Waals surface area contributed by atoms with Gasteiger partial charge in [-0.2, -0.15) is 5.10 Å². The van der Waals surface area contributed by atoms with E-state index in [1.54, 1.807) is 34.2 Å². The maximum absolute atomic E-state index is 13.8. The fourth-order valence-corrected chi connectivity index (χ4v) is 8.27. The summed E-state index contributed by atoms with van der Waals surface area (Å²) < 4.78 is 21.3. The Morgan fingerprint density at radius 1 is 1.02 bits per heavy atom.